The van der Waals surface area contributed by atoms with E-state index in [1.54, 1.807) is 12.0 Å². The van der Waals surface area contributed by atoms with Crippen molar-refractivity contribution in [2.75, 3.05) is 24.7 Å². The highest BCUT2D eigenvalue weighted by molar-refractivity contribution is 8.00. The number of benzene rings is 2. The molecule has 0 saturated carbocycles. The lowest BCUT2D eigenvalue weighted by Gasteiger charge is -2.23. The van der Waals surface area contributed by atoms with Gasteiger partial charge in [-0.25, -0.2) is 0 Å². The molecule has 1 aliphatic rings. The summed E-state index contributed by atoms with van der Waals surface area (Å²) in [5.41, 5.74) is 2.85. The lowest BCUT2D eigenvalue weighted by Crippen LogP contribution is -2.36. The molecule has 2 aromatic rings. The fourth-order valence-electron chi connectivity index (χ4n) is 2.66. The summed E-state index contributed by atoms with van der Waals surface area (Å²) in [6, 6.07) is 15.2. The minimum atomic E-state index is -0.196. The molecule has 0 aromatic heterocycles. The van der Waals surface area contributed by atoms with Gasteiger partial charge in [0.25, 0.3) is 0 Å². The summed E-state index contributed by atoms with van der Waals surface area (Å²) in [5.74, 6) is 0.930. The number of methoxy groups -OCH3 is 1. The number of nitrogens with zero attached hydrogens (tertiary/aromatic N) is 1. The van der Waals surface area contributed by atoms with Crippen molar-refractivity contribution >= 4 is 29.3 Å². The summed E-state index contributed by atoms with van der Waals surface area (Å²) in [5, 5.41) is 2.69. The van der Waals surface area contributed by atoms with Crippen LogP contribution in [0.3, 0.4) is 0 Å². The molecule has 0 aliphatic carbocycles. The van der Waals surface area contributed by atoms with Gasteiger partial charge in [0, 0.05) is 5.69 Å². The molecule has 6 heteroatoms. The Labute approximate surface area is 151 Å². The Hall–Kier alpha value is -2.47. The minimum Gasteiger partial charge on any atom is -0.497 e. The number of carbonyl (C=O) groups is 2. The highest BCUT2D eigenvalue weighted by Gasteiger charge is 2.34. The first-order chi connectivity index (χ1) is 12.1. The van der Waals surface area contributed by atoms with Gasteiger partial charge in [-0.15, -0.1) is 11.8 Å². The summed E-state index contributed by atoms with van der Waals surface area (Å²) in [6.45, 7) is 2.03. The summed E-state index contributed by atoms with van der Waals surface area (Å²) in [7, 11) is 1.62. The Balaban J connectivity index is 1.68. The Morgan fingerprint density at radius 2 is 1.88 bits per heavy atom. The van der Waals surface area contributed by atoms with Crippen LogP contribution in [0.1, 0.15) is 16.5 Å². The Morgan fingerprint density at radius 1 is 1.20 bits per heavy atom. The van der Waals surface area contributed by atoms with Gasteiger partial charge in [0.2, 0.25) is 11.8 Å². The van der Waals surface area contributed by atoms with Crippen LogP contribution in [0.2, 0.25) is 0 Å². The largest absolute Gasteiger partial charge is 0.497 e. The minimum absolute atomic E-state index is 0.0233. The van der Waals surface area contributed by atoms with Gasteiger partial charge in [0.1, 0.15) is 17.7 Å². The van der Waals surface area contributed by atoms with Crippen LogP contribution in [0.15, 0.2) is 48.5 Å². The second-order valence-corrected chi connectivity index (χ2v) is 6.94. The lowest BCUT2D eigenvalue weighted by atomic mass is 10.2. The molecule has 2 amide bonds. The molecule has 3 rings (SSSR count). The standard InChI is InChI=1S/C19H20N2O3S/c1-13-3-7-15(8-4-13)20-17(22)11-21-18(23)12-25-19(21)14-5-9-16(24-2)10-6-14/h3-10,19H,11-12H2,1-2H3,(H,20,22)/t19-/m0/s1. The van der Waals surface area contributed by atoms with Crippen molar-refractivity contribution in [1.29, 1.82) is 0 Å². The van der Waals surface area contributed by atoms with Crippen molar-refractivity contribution in [2.45, 2.75) is 12.3 Å². The van der Waals surface area contributed by atoms with Crippen molar-refractivity contribution < 1.29 is 14.3 Å². The average molecular weight is 356 g/mol. The van der Waals surface area contributed by atoms with Crippen molar-refractivity contribution in [3.63, 3.8) is 0 Å². The highest BCUT2D eigenvalue weighted by Crippen LogP contribution is 2.38. The maximum Gasteiger partial charge on any atom is 0.244 e. The van der Waals surface area contributed by atoms with Gasteiger partial charge in [-0.1, -0.05) is 29.8 Å². The normalized spacial score (nSPS) is 16.8. The first-order valence-corrected chi connectivity index (χ1v) is 9.03. The predicted molar refractivity (Wildman–Crippen MR) is 99.7 cm³/mol. The van der Waals surface area contributed by atoms with Gasteiger partial charge < -0.3 is 15.0 Å². The molecule has 0 spiro atoms. The van der Waals surface area contributed by atoms with Gasteiger partial charge in [-0.3, -0.25) is 9.59 Å². The number of hydrogen-bond donors (Lipinski definition) is 1. The lowest BCUT2D eigenvalue weighted by molar-refractivity contribution is -0.132. The third-order valence-corrected chi connectivity index (χ3v) is 5.27. The molecule has 1 aliphatic heterocycles. The van der Waals surface area contributed by atoms with E-state index in [1.807, 2.05) is 55.5 Å². The van der Waals surface area contributed by atoms with E-state index in [-0.39, 0.29) is 23.7 Å². The first kappa shape index (κ1) is 17.4. The summed E-state index contributed by atoms with van der Waals surface area (Å²) in [4.78, 5) is 26.2. The monoisotopic (exact) mass is 356 g/mol. The van der Waals surface area contributed by atoms with Gasteiger partial charge >= 0.3 is 0 Å². The van der Waals surface area contributed by atoms with Crippen molar-refractivity contribution in [3.05, 3.63) is 59.7 Å². The zero-order chi connectivity index (χ0) is 17.8. The fraction of sp³-hybridized carbons (Fsp3) is 0.263. The Bertz CT molecular complexity index is 759. The van der Waals surface area contributed by atoms with Crippen LogP contribution in [-0.4, -0.2) is 36.1 Å². The fourth-order valence-corrected chi connectivity index (χ4v) is 3.85. The molecule has 1 fully saturated rings. The van der Waals surface area contributed by atoms with Crippen molar-refractivity contribution in [2.24, 2.45) is 0 Å². The zero-order valence-corrected chi connectivity index (χ0v) is 15.0. The molecule has 0 unspecified atom stereocenters. The summed E-state index contributed by atoms with van der Waals surface area (Å²) >= 11 is 1.53. The average Bonchev–Trinajstić information content (AvgIpc) is 2.98. The van der Waals surface area contributed by atoms with E-state index < -0.39 is 0 Å². The van der Waals surface area contributed by atoms with Gasteiger partial charge in [0.15, 0.2) is 0 Å². The smallest absolute Gasteiger partial charge is 0.244 e. The maximum absolute atomic E-state index is 12.3. The molecule has 130 valence electrons. The number of anilines is 1. The van der Waals surface area contributed by atoms with Crippen LogP contribution < -0.4 is 10.1 Å². The van der Waals surface area contributed by atoms with Crippen LogP contribution in [0.5, 0.6) is 5.75 Å². The third kappa shape index (κ3) is 4.14. The Morgan fingerprint density at radius 3 is 2.52 bits per heavy atom. The zero-order valence-electron chi connectivity index (χ0n) is 14.2. The molecule has 0 bridgehead atoms. The van der Waals surface area contributed by atoms with Gasteiger partial charge in [0.05, 0.1) is 12.9 Å². The molecule has 1 heterocycles. The van der Waals surface area contributed by atoms with Gasteiger partial charge in [-0.05, 0) is 36.8 Å². The number of thioether (sulfide) groups is 1. The molecule has 0 radical (unpaired) electrons. The summed E-state index contributed by atoms with van der Waals surface area (Å²) < 4.78 is 5.17. The Kier molecular flexibility index (Phi) is 5.28. The number of carbonyl (C=O) groups excluding carboxylic acids is 2. The summed E-state index contributed by atoms with van der Waals surface area (Å²) in [6.07, 6.45) is 0. The molecular weight excluding hydrogens is 336 g/mol. The van der Waals surface area contributed by atoms with E-state index in [2.05, 4.69) is 5.32 Å². The third-order valence-electron chi connectivity index (χ3n) is 4.02. The molecule has 1 N–H and O–H groups in total. The van der Waals surface area contributed by atoms with E-state index in [9.17, 15) is 9.59 Å². The number of nitrogens with one attached hydrogen (secondary N) is 1. The van der Waals surface area contributed by atoms with E-state index in [0.717, 1.165) is 22.6 Å². The van der Waals surface area contributed by atoms with Crippen LogP contribution >= 0.6 is 11.8 Å². The van der Waals surface area contributed by atoms with Crippen LogP contribution in [0.4, 0.5) is 5.69 Å². The SMILES string of the molecule is COc1ccc([C@@H]2SCC(=O)N2CC(=O)Nc2ccc(C)cc2)cc1. The quantitative estimate of drug-likeness (QED) is 0.894. The van der Waals surface area contributed by atoms with Crippen molar-refractivity contribution in [1.82, 2.24) is 4.90 Å². The van der Waals surface area contributed by atoms with Crippen molar-refractivity contribution in [3.8, 4) is 5.75 Å². The predicted octanol–water partition coefficient (Wildman–Crippen LogP) is 3.22. The molecule has 5 nitrogen and oxygen atoms in total. The molecule has 1 saturated heterocycles. The molecule has 1 atom stereocenters. The van der Waals surface area contributed by atoms with Crippen LogP contribution in [0, 0.1) is 6.92 Å². The highest BCUT2D eigenvalue weighted by atomic mass is 32.2. The van der Waals surface area contributed by atoms with E-state index in [4.69, 9.17) is 4.74 Å². The van der Waals surface area contributed by atoms with Gasteiger partial charge in [-0.2, -0.15) is 0 Å². The molecule has 2 aromatic carbocycles. The second-order valence-electron chi connectivity index (χ2n) is 5.87. The molecule has 25 heavy (non-hydrogen) atoms. The van der Waals surface area contributed by atoms with E-state index >= 15 is 0 Å². The first-order valence-electron chi connectivity index (χ1n) is 7.98. The second kappa shape index (κ2) is 7.61. The topological polar surface area (TPSA) is 58.6 Å². The van der Waals surface area contributed by atoms with E-state index in [1.165, 1.54) is 11.8 Å². The van der Waals surface area contributed by atoms with Crippen LogP contribution in [-0.2, 0) is 9.59 Å². The number of aryl methyl sites for hydroxylation is 1. The van der Waals surface area contributed by atoms with E-state index in [0.29, 0.717) is 5.75 Å². The number of amides is 2. The van der Waals surface area contributed by atoms with Crippen LogP contribution in [0.25, 0.3) is 0 Å². The maximum atomic E-state index is 12.3. The number of hydrogen-bond acceptors (Lipinski definition) is 4. The number of ether oxygens (including phenoxy) is 1. The molecular formula is C19H20N2O3S. The number of rotatable bonds is 5.